The zero-order valence-electron chi connectivity index (χ0n) is 8.26. The van der Waals surface area contributed by atoms with Crippen LogP contribution in [0.25, 0.3) is 0 Å². The first-order valence-corrected chi connectivity index (χ1v) is 4.39. The van der Waals surface area contributed by atoms with E-state index in [1.165, 1.54) is 12.1 Å². The molecular weight excluding hydrogens is 200 g/mol. The van der Waals surface area contributed by atoms with Crippen molar-refractivity contribution < 1.29 is 13.6 Å². The van der Waals surface area contributed by atoms with Crippen LogP contribution < -0.4 is 5.73 Å². The van der Waals surface area contributed by atoms with Crippen molar-refractivity contribution in [1.29, 1.82) is 0 Å². The molecule has 0 atom stereocenters. The highest BCUT2D eigenvalue weighted by Crippen LogP contribution is 2.09. The summed E-state index contributed by atoms with van der Waals surface area (Å²) in [6, 6.07) is 3.37. The maximum atomic E-state index is 12.8. The first-order valence-electron chi connectivity index (χ1n) is 4.39. The third-order valence-electron chi connectivity index (χ3n) is 1.75. The van der Waals surface area contributed by atoms with Crippen LogP contribution in [0.1, 0.15) is 12.5 Å². The van der Waals surface area contributed by atoms with E-state index in [0.717, 1.165) is 12.1 Å². The highest BCUT2D eigenvalue weighted by Gasteiger charge is 2.05. The van der Waals surface area contributed by atoms with Crippen LogP contribution in [0.5, 0.6) is 0 Å². The summed E-state index contributed by atoms with van der Waals surface area (Å²) in [7, 11) is 0. The number of hydrogen-bond acceptors (Lipinski definition) is 2. The minimum Gasteiger partial charge on any atom is -0.402 e. The molecule has 0 saturated carbocycles. The molecule has 0 heterocycles. The van der Waals surface area contributed by atoms with Crippen LogP contribution in [0.3, 0.4) is 0 Å². The molecule has 0 amide bonds. The van der Waals surface area contributed by atoms with Gasteiger partial charge >= 0.3 is 0 Å². The molecule has 80 valence electrons. The van der Waals surface area contributed by atoms with Gasteiger partial charge in [-0.25, -0.2) is 8.78 Å². The molecule has 2 N–H and O–H groups in total. The lowest BCUT2D eigenvalue weighted by Crippen LogP contribution is -2.03. The van der Waals surface area contributed by atoms with Gasteiger partial charge in [0, 0.05) is 12.1 Å². The number of carbonyl (C=O) groups is 1. The fraction of sp³-hybridized carbons (Fsp3) is 0.182. The van der Waals surface area contributed by atoms with Gasteiger partial charge < -0.3 is 5.73 Å². The maximum Gasteiger partial charge on any atom is 0.161 e. The largest absolute Gasteiger partial charge is 0.402 e. The van der Waals surface area contributed by atoms with Gasteiger partial charge in [0.15, 0.2) is 17.4 Å². The number of rotatable bonds is 3. The lowest BCUT2D eigenvalue weighted by molar-refractivity contribution is -0.114. The van der Waals surface area contributed by atoms with Gasteiger partial charge in [0.05, 0.1) is 0 Å². The van der Waals surface area contributed by atoms with Crippen LogP contribution in [-0.4, -0.2) is 5.78 Å². The molecule has 0 bridgehead atoms. The van der Waals surface area contributed by atoms with Gasteiger partial charge in [-0.1, -0.05) is 6.07 Å². The van der Waals surface area contributed by atoms with Gasteiger partial charge in [-0.3, -0.25) is 4.79 Å². The number of ketones is 1. The van der Waals surface area contributed by atoms with Crippen LogP contribution in [0, 0.1) is 11.6 Å². The van der Waals surface area contributed by atoms with Gasteiger partial charge in [0.2, 0.25) is 0 Å². The Kier molecular flexibility index (Phi) is 3.55. The van der Waals surface area contributed by atoms with Gasteiger partial charge in [0.25, 0.3) is 0 Å². The van der Waals surface area contributed by atoms with Gasteiger partial charge in [-0.15, -0.1) is 0 Å². The molecule has 0 aromatic heterocycles. The Balaban J connectivity index is 2.78. The number of carbonyl (C=O) groups excluding carboxylic acids is 1. The van der Waals surface area contributed by atoms with Crippen LogP contribution >= 0.6 is 0 Å². The molecule has 0 aliphatic rings. The lowest BCUT2D eigenvalue weighted by atomic mass is 10.1. The van der Waals surface area contributed by atoms with E-state index in [4.69, 9.17) is 5.73 Å². The van der Waals surface area contributed by atoms with Crippen molar-refractivity contribution in [2.24, 2.45) is 5.73 Å². The van der Waals surface area contributed by atoms with Crippen molar-refractivity contribution in [3.05, 3.63) is 47.2 Å². The summed E-state index contributed by atoms with van der Waals surface area (Å²) < 4.78 is 25.3. The van der Waals surface area contributed by atoms with Gasteiger partial charge in [-0.05, 0) is 30.7 Å². The monoisotopic (exact) mass is 211 g/mol. The van der Waals surface area contributed by atoms with Crippen molar-refractivity contribution in [3.63, 3.8) is 0 Å². The predicted molar refractivity (Wildman–Crippen MR) is 53.0 cm³/mol. The average molecular weight is 211 g/mol. The van der Waals surface area contributed by atoms with Gasteiger partial charge in [0.1, 0.15) is 0 Å². The zero-order valence-corrected chi connectivity index (χ0v) is 8.26. The molecule has 4 heteroatoms. The second-order valence-corrected chi connectivity index (χ2v) is 3.28. The molecule has 1 aromatic rings. The van der Waals surface area contributed by atoms with Gasteiger partial charge in [-0.2, -0.15) is 0 Å². The minimum atomic E-state index is -0.950. The van der Waals surface area contributed by atoms with Crippen molar-refractivity contribution in [2.75, 3.05) is 0 Å². The van der Waals surface area contributed by atoms with E-state index < -0.39 is 11.6 Å². The standard InChI is InChI=1S/C11H11F2NO/c1-7(14)4-9(15)5-8-2-3-10(12)11(13)6-8/h2-4,6H,5,14H2,1H3/b7-4-. The van der Waals surface area contributed by atoms with Crippen LogP contribution in [0.4, 0.5) is 8.78 Å². The summed E-state index contributed by atoms with van der Waals surface area (Å²) in [6.45, 7) is 1.59. The summed E-state index contributed by atoms with van der Waals surface area (Å²) in [6.07, 6.45) is 1.28. The summed E-state index contributed by atoms with van der Waals surface area (Å²) >= 11 is 0. The van der Waals surface area contributed by atoms with E-state index in [2.05, 4.69) is 0 Å². The molecule has 0 aliphatic carbocycles. The maximum absolute atomic E-state index is 12.8. The van der Waals surface area contributed by atoms with Crippen molar-refractivity contribution >= 4 is 5.78 Å². The molecule has 0 radical (unpaired) electrons. The Morgan fingerprint density at radius 2 is 2.07 bits per heavy atom. The normalized spacial score (nSPS) is 11.5. The van der Waals surface area contributed by atoms with Crippen molar-refractivity contribution in [1.82, 2.24) is 0 Å². The lowest BCUT2D eigenvalue weighted by Gasteiger charge is -1.99. The van der Waals surface area contributed by atoms with E-state index in [9.17, 15) is 13.6 Å². The Hall–Kier alpha value is -1.71. The molecule has 0 aliphatic heterocycles. The molecular formula is C11H11F2NO. The van der Waals surface area contributed by atoms with E-state index in [-0.39, 0.29) is 12.2 Å². The van der Waals surface area contributed by atoms with Crippen LogP contribution in [-0.2, 0) is 11.2 Å². The second-order valence-electron chi connectivity index (χ2n) is 3.28. The molecule has 15 heavy (non-hydrogen) atoms. The summed E-state index contributed by atoms with van der Waals surface area (Å²) in [4.78, 5) is 11.2. The minimum absolute atomic E-state index is 0.0196. The third kappa shape index (κ3) is 3.50. The van der Waals surface area contributed by atoms with Crippen molar-refractivity contribution in [2.45, 2.75) is 13.3 Å². The fourth-order valence-corrected chi connectivity index (χ4v) is 1.16. The Labute approximate surface area is 86.4 Å². The summed E-state index contributed by atoms with van der Waals surface area (Å²) in [5.41, 5.74) is 6.13. The quantitative estimate of drug-likeness (QED) is 0.776. The number of nitrogens with two attached hydrogens (primary N) is 1. The molecule has 1 rings (SSSR count). The van der Waals surface area contributed by atoms with E-state index >= 15 is 0 Å². The highest BCUT2D eigenvalue weighted by molar-refractivity contribution is 5.91. The van der Waals surface area contributed by atoms with Crippen LogP contribution in [0.2, 0.25) is 0 Å². The first-order chi connectivity index (χ1) is 6.99. The number of allylic oxidation sites excluding steroid dienone is 2. The average Bonchev–Trinajstić information content (AvgIpc) is 2.10. The first kappa shape index (κ1) is 11.4. The Bertz CT molecular complexity index is 409. The predicted octanol–water partition coefficient (Wildman–Crippen LogP) is 1.94. The third-order valence-corrected chi connectivity index (χ3v) is 1.75. The Morgan fingerprint density at radius 1 is 1.40 bits per heavy atom. The van der Waals surface area contributed by atoms with Crippen LogP contribution in [0.15, 0.2) is 30.0 Å². The fourth-order valence-electron chi connectivity index (χ4n) is 1.16. The molecule has 0 saturated heterocycles. The summed E-state index contributed by atoms with van der Waals surface area (Å²) in [5.74, 6) is -2.11. The number of benzene rings is 1. The topological polar surface area (TPSA) is 43.1 Å². The molecule has 0 spiro atoms. The van der Waals surface area contributed by atoms with Crippen molar-refractivity contribution in [3.8, 4) is 0 Å². The van der Waals surface area contributed by atoms with E-state index in [0.29, 0.717) is 11.3 Å². The molecule has 0 fully saturated rings. The smallest absolute Gasteiger partial charge is 0.161 e. The second kappa shape index (κ2) is 4.68. The summed E-state index contributed by atoms with van der Waals surface area (Å²) in [5, 5.41) is 0. The highest BCUT2D eigenvalue weighted by atomic mass is 19.2. The zero-order chi connectivity index (χ0) is 11.4. The molecule has 2 nitrogen and oxygen atoms in total. The molecule has 1 aromatic carbocycles. The number of halogens is 2. The molecule has 0 unspecified atom stereocenters. The SMILES string of the molecule is C/C(N)=C/C(=O)Cc1ccc(F)c(F)c1. The number of hydrogen-bond donors (Lipinski definition) is 1. The van der Waals surface area contributed by atoms with E-state index in [1.807, 2.05) is 0 Å². The Morgan fingerprint density at radius 3 is 2.60 bits per heavy atom. The van der Waals surface area contributed by atoms with E-state index in [1.54, 1.807) is 6.92 Å².